The fourth-order valence-corrected chi connectivity index (χ4v) is 4.47. The first-order chi connectivity index (χ1) is 13.6. The smallest absolute Gasteiger partial charge is 0.301 e. The average Bonchev–Trinajstić information content (AvgIpc) is 2.62. The molecule has 0 aliphatic carbocycles. The van der Waals surface area contributed by atoms with Crippen LogP contribution in [-0.2, 0) is 15.0 Å². The van der Waals surface area contributed by atoms with Crippen molar-refractivity contribution >= 4 is 27.6 Å². The molecule has 2 N–H and O–H groups in total. The Hall–Kier alpha value is -2.52. The summed E-state index contributed by atoms with van der Waals surface area (Å²) in [6.45, 7) is 8.49. The SMILES string of the molecule is CC(=O)Nc1cc(-c2cnc(C)c(NS(=O)(=O)N3CCC(C)(C)CC3)c2)ccn1. The van der Waals surface area contributed by atoms with Gasteiger partial charge in [0.15, 0.2) is 0 Å². The van der Waals surface area contributed by atoms with Gasteiger partial charge in [-0.25, -0.2) is 4.98 Å². The molecule has 1 aliphatic rings. The summed E-state index contributed by atoms with van der Waals surface area (Å²) in [5.41, 5.74) is 2.69. The highest BCUT2D eigenvalue weighted by Gasteiger charge is 2.32. The summed E-state index contributed by atoms with van der Waals surface area (Å²) in [5, 5.41) is 2.64. The van der Waals surface area contributed by atoms with Crippen molar-refractivity contribution in [3.8, 4) is 11.1 Å². The molecule has 1 aliphatic heterocycles. The van der Waals surface area contributed by atoms with Gasteiger partial charge in [0.05, 0.1) is 11.4 Å². The van der Waals surface area contributed by atoms with Crippen molar-refractivity contribution < 1.29 is 13.2 Å². The minimum absolute atomic E-state index is 0.163. The molecule has 0 unspecified atom stereocenters. The van der Waals surface area contributed by atoms with Gasteiger partial charge < -0.3 is 5.32 Å². The number of piperidine rings is 1. The van der Waals surface area contributed by atoms with Gasteiger partial charge in [-0.2, -0.15) is 12.7 Å². The molecule has 0 radical (unpaired) electrons. The molecule has 9 heteroatoms. The fraction of sp³-hybridized carbons (Fsp3) is 0.450. The second-order valence-electron chi connectivity index (χ2n) is 8.14. The number of carbonyl (C=O) groups is 1. The number of hydrogen-bond acceptors (Lipinski definition) is 5. The van der Waals surface area contributed by atoms with Gasteiger partial charge in [-0.3, -0.25) is 14.5 Å². The molecule has 1 amide bonds. The first kappa shape index (κ1) is 21.2. The van der Waals surface area contributed by atoms with E-state index in [9.17, 15) is 13.2 Å². The number of aryl methyl sites for hydroxylation is 1. The van der Waals surface area contributed by atoms with E-state index in [1.54, 1.807) is 37.5 Å². The minimum Gasteiger partial charge on any atom is -0.311 e. The van der Waals surface area contributed by atoms with E-state index < -0.39 is 10.2 Å². The standard InChI is InChI=1S/C20H27N5O3S/c1-14-18(24-29(27,28)25-9-6-20(3,4)7-10-25)11-17(13-22-14)16-5-8-21-19(12-16)23-15(2)26/h5,8,11-13,24H,6-7,9-10H2,1-4H3,(H,21,23,26). The molecule has 156 valence electrons. The van der Waals surface area contributed by atoms with Gasteiger partial charge in [0.25, 0.3) is 0 Å². The zero-order valence-electron chi connectivity index (χ0n) is 17.2. The summed E-state index contributed by atoms with van der Waals surface area (Å²) in [7, 11) is -3.66. The molecule has 0 aromatic carbocycles. The number of aromatic nitrogens is 2. The highest BCUT2D eigenvalue weighted by atomic mass is 32.2. The zero-order valence-corrected chi connectivity index (χ0v) is 18.0. The quantitative estimate of drug-likeness (QED) is 0.777. The van der Waals surface area contributed by atoms with Gasteiger partial charge in [0.1, 0.15) is 5.82 Å². The lowest BCUT2D eigenvalue weighted by Crippen LogP contribution is -2.43. The molecular formula is C20H27N5O3S. The summed E-state index contributed by atoms with van der Waals surface area (Å²) in [6.07, 6.45) is 4.91. The van der Waals surface area contributed by atoms with Crippen molar-refractivity contribution in [2.24, 2.45) is 5.41 Å². The molecule has 29 heavy (non-hydrogen) atoms. The molecule has 2 aromatic heterocycles. The van der Waals surface area contributed by atoms with E-state index in [2.05, 4.69) is 33.9 Å². The van der Waals surface area contributed by atoms with Crippen molar-refractivity contribution in [3.05, 3.63) is 36.3 Å². The Morgan fingerprint density at radius 2 is 1.83 bits per heavy atom. The Morgan fingerprint density at radius 1 is 1.14 bits per heavy atom. The summed E-state index contributed by atoms with van der Waals surface area (Å²) >= 11 is 0. The predicted octanol–water partition coefficient (Wildman–Crippen LogP) is 3.19. The molecule has 2 aromatic rings. The molecule has 1 saturated heterocycles. The van der Waals surface area contributed by atoms with Crippen LogP contribution in [0.3, 0.4) is 0 Å². The number of nitrogens with one attached hydrogen (secondary N) is 2. The highest BCUT2D eigenvalue weighted by molar-refractivity contribution is 7.90. The number of pyridine rings is 2. The zero-order chi connectivity index (χ0) is 21.2. The number of hydrogen-bond donors (Lipinski definition) is 2. The van der Waals surface area contributed by atoms with Crippen LogP contribution in [-0.4, -0.2) is 41.7 Å². The lowest BCUT2D eigenvalue weighted by molar-refractivity contribution is -0.114. The van der Waals surface area contributed by atoms with Crippen molar-refractivity contribution in [2.45, 2.75) is 40.5 Å². The molecule has 3 rings (SSSR count). The van der Waals surface area contributed by atoms with Crippen molar-refractivity contribution in [3.63, 3.8) is 0 Å². The van der Waals surface area contributed by atoms with E-state index in [4.69, 9.17) is 0 Å². The summed E-state index contributed by atoms with van der Waals surface area (Å²) in [6, 6.07) is 5.25. The van der Waals surface area contributed by atoms with E-state index in [1.807, 2.05) is 0 Å². The molecule has 3 heterocycles. The second kappa shape index (κ2) is 8.08. The Morgan fingerprint density at radius 3 is 2.48 bits per heavy atom. The first-order valence-corrected chi connectivity index (χ1v) is 11.0. The maximum absolute atomic E-state index is 12.9. The third-order valence-corrected chi connectivity index (χ3v) is 6.66. The monoisotopic (exact) mass is 417 g/mol. The van der Waals surface area contributed by atoms with Crippen LogP contribution in [0.5, 0.6) is 0 Å². The topological polar surface area (TPSA) is 104 Å². The number of rotatable bonds is 5. The van der Waals surface area contributed by atoms with Gasteiger partial charge in [0.2, 0.25) is 5.91 Å². The highest BCUT2D eigenvalue weighted by Crippen LogP contribution is 2.32. The molecule has 1 fully saturated rings. The summed E-state index contributed by atoms with van der Waals surface area (Å²) in [4.78, 5) is 19.7. The van der Waals surface area contributed by atoms with Crippen LogP contribution in [0.1, 0.15) is 39.3 Å². The Balaban J connectivity index is 1.83. The van der Waals surface area contributed by atoms with Crippen molar-refractivity contribution in [1.82, 2.24) is 14.3 Å². The average molecular weight is 418 g/mol. The molecule has 0 saturated carbocycles. The predicted molar refractivity (Wildman–Crippen MR) is 114 cm³/mol. The van der Waals surface area contributed by atoms with Gasteiger partial charge in [-0.15, -0.1) is 0 Å². The van der Waals surface area contributed by atoms with E-state index in [0.29, 0.717) is 30.3 Å². The van der Waals surface area contributed by atoms with E-state index in [1.165, 1.54) is 11.2 Å². The van der Waals surface area contributed by atoms with Crippen molar-refractivity contribution in [1.29, 1.82) is 0 Å². The van der Waals surface area contributed by atoms with Crippen molar-refractivity contribution in [2.75, 3.05) is 23.1 Å². The fourth-order valence-electron chi connectivity index (χ4n) is 3.19. The lowest BCUT2D eigenvalue weighted by Gasteiger charge is -2.36. The number of carbonyl (C=O) groups excluding carboxylic acids is 1. The molecular weight excluding hydrogens is 390 g/mol. The maximum atomic E-state index is 12.9. The summed E-state index contributed by atoms with van der Waals surface area (Å²) in [5.74, 6) is 0.212. The Bertz CT molecular complexity index is 1010. The van der Waals surface area contributed by atoms with Gasteiger partial charge in [-0.1, -0.05) is 13.8 Å². The van der Waals surface area contributed by atoms with Crippen LogP contribution in [0.15, 0.2) is 30.6 Å². The number of amides is 1. The Labute approximate surface area is 171 Å². The third-order valence-electron chi connectivity index (χ3n) is 5.14. The van der Waals surface area contributed by atoms with E-state index in [0.717, 1.165) is 24.0 Å². The molecule has 0 atom stereocenters. The van der Waals surface area contributed by atoms with Crippen LogP contribution in [0.25, 0.3) is 11.1 Å². The summed E-state index contributed by atoms with van der Waals surface area (Å²) < 4.78 is 29.9. The van der Waals surface area contributed by atoms with Gasteiger partial charge in [-0.05, 0) is 48.9 Å². The van der Waals surface area contributed by atoms with Crippen LogP contribution in [0, 0.1) is 12.3 Å². The van der Waals surface area contributed by atoms with E-state index >= 15 is 0 Å². The number of anilines is 2. The normalized spacial score (nSPS) is 17.0. The number of nitrogens with zero attached hydrogens (tertiary/aromatic N) is 3. The van der Waals surface area contributed by atoms with Crippen LogP contribution < -0.4 is 10.0 Å². The van der Waals surface area contributed by atoms with Crippen LogP contribution in [0.4, 0.5) is 11.5 Å². The Kier molecular flexibility index (Phi) is 5.90. The maximum Gasteiger partial charge on any atom is 0.301 e. The van der Waals surface area contributed by atoms with E-state index in [-0.39, 0.29) is 11.3 Å². The molecule has 0 spiro atoms. The second-order valence-corrected chi connectivity index (χ2v) is 9.81. The van der Waals surface area contributed by atoms with Gasteiger partial charge >= 0.3 is 10.2 Å². The largest absolute Gasteiger partial charge is 0.311 e. The van der Waals surface area contributed by atoms with Crippen LogP contribution >= 0.6 is 0 Å². The lowest BCUT2D eigenvalue weighted by atomic mass is 9.83. The third kappa shape index (κ3) is 5.30. The first-order valence-electron chi connectivity index (χ1n) is 9.54. The molecule has 0 bridgehead atoms. The minimum atomic E-state index is -3.66. The van der Waals surface area contributed by atoms with Crippen LogP contribution in [0.2, 0.25) is 0 Å². The molecule has 8 nitrogen and oxygen atoms in total. The van der Waals surface area contributed by atoms with Gasteiger partial charge in [0, 0.05) is 38.0 Å².